The Hall–Kier alpha value is -2.74. The summed E-state index contributed by atoms with van der Waals surface area (Å²) in [6.45, 7) is 0.404. The van der Waals surface area contributed by atoms with Crippen LogP contribution >= 0.6 is 11.6 Å². The van der Waals surface area contributed by atoms with Gasteiger partial charge < -0.3 is 15.2 Å². The zero-order valence-electron chi connectivity index (χ0n) is 14.2. The van der Waals surface area contributed by atoms with Gasteiger partial charge in [-0.25, -0.2) is 9.52 Å². The third kappa shape index (κ3) is 5.89. The van der Waals surface area contributed by atoms with Crippen LogP contribution in [0.4, 0.5) is 16.2 Å². The third-order valence-electron chi connectivity index (χ3n) is 3.58. The van der Waals surface area contributed by atoms with E-state index in [1.165, 1.54) is 0 Å². The number of hydrogen-bond donors (Lipinski definition) is 3. The maximum absolute atomic E-state index is 12.4. The average Bonchev–Trinajstić information content (AvgIpc) is 2.69. The van der Waals surface area contributed by atoms with Crippen LogP contribution in [0, 0.1) is 0 Å². The van der Waals surface area contributed by atoms with Crippen LogP contribution in [0.25, 0.3) is 0 Å². The van der Waals surface area contributed by atoms with Gasteiger partial charge in [0.2, 0.25) is 0 Å². The molecule has 0 aliphatic rings. The normalized spacial score (nSPS) is 11.5. The number of pyridine rings is 1. The first kappa shape index (κ1) is 19.0. The number of rotatable bonds is 6. The highest BCUT2D eigenvalue weighted by Gasteiger charge is 2.12. The van der Waals surface area contributed by atoms with E-state index in [1.807, 2.05) is 12.1 Å². The van der Waals surface area contributed by atoms with Crippen LogP contribution in [0.15, 0.2) is 78.0 Å². The maximum Gasteiger partial charge on any atom is 0.319 e. The molecule has 27 heavy (non-hydrogen) atoms. The van der Waals surface area contributed by atoms with Crippen molar-refractivity contribution in [2.75, 3.05) is 10.0 Å². The number of nitrogens with zero attached hydrogens (tertiary/aromatic N) is 1. The topological polar surface area (TPSA) is 89.1 Å². The Labute approximate surface area is 165 Å². The van der Waals surface area contributed by atoms with Crippen molar-refractivity contribution in [3.8, 4) is 0 Å². The van der Waals surface area contributed by atoms with E-state index in [2.05, 4.69) is 20.3 Å². The lowest BCUT2D eigenvalue weighted by atomic mass is 10.3. The molecule has 0 saturated carbocycles. The molecular formula is C19H17ClN4O2S. The molecule has 0 spiro atoms. The fourth-order valence-corrected chi connectivity index (χ4v) is 3.18. The molecule has 3 rings (SSSR count). The van der Waals surface area contributed by atoms with Crippen molar-refractivity contribution in [3.05, 3.63) is 83.6 Å². The van der Waals surface area contributed by atoms with E-state index in [9.17, 15) is 9.35 Å². The monoisotopic (exact) mass is 400 g/mol. The van der Waals surface area contributed by atoms with Crippen LogP contribution in [0.2, 0.25) is 5.02 Å². The molecule has 3 N–H and O–H groups in total. The Balaban J connectivity index is 1.51. The summed E-state index contributed by atoms with van der Waals surface area (Å²) in [6, 6.07) is 17.1. The molecule has 0 radical (unpaired) electrons. The lowest BCUT2D eigenvalue weighted by Gasteiger charge is -2.12. The molecular weight excluding hydrogens is 384 g/mol. The summed E-state index contributed by atoms with van der Waals surface area (Å²) < 4.78 is 15.2. The van der Waals surface area contributed by atoms with Crippen LogP contribution in [0.3, 0.4) is 0 Å². The minimum Gasteiger partial charge on any atom is -0.588 e. The molecule has 1 heterocycles. The Morgan fingerprint density at radius 2 is 1.59 bits per heavy atom. The van der Waals surface area contributed by atoms with Gasteiger partial charge in [0.1, 0.15) is 11.4 Å². The van der Waals surface area contributed by atoms with E-state index >= 15 is 0 Å². The quantitative estimate of drug-likeness (QED) is 0.541. The molecule has 0 saturated heterocycles. The summed E-state index contributed by atoms with van der Waals surface area (Å²) in [4.78, 5) is 16.5. The van der Waals surface area contributed by atoms with Crippen molar-refractivity contribution in [3.63, 3.8) is 0 Å². The Morgan fingerprint density at radius 1 is 0.963 bits per heavy atom. The van der Waals surface area contributed by atoms with Crippen molar-refractivity contribution in [1.82, 2.24) is 10.3 Å². The van der Waals surface area contributed by atoms with Crippen molar-refractivity contribution in [2.24, 2.45) is 0 Å². The molecule has 2 amide bonds. The largest absolute Gasteiger partial charge is 0.588 e. The molecule has 0 bridgehead atoms. The van der Waals surface area contributed by atoms with Gasteiger partial charge >= 0.3 is 6.03 Å². The standard InChI is InChI=1S/C19H17ClN4O2S/c20-15-1-3-17(4-2-15)24-27(26)18-7-5-16(6-8-18)23-19(25)22-13-14-9-11-21-12-10-14/h1-12,24H,13H2,(H2,22,23,25). The van der Waals surface area contributed by atoms with Crippen molar-refractivity contribution in [1.29, 1.82) is 0 Å². The molecule has 1 atom stereocenters. The van der Waals surface area contributed by atoms with Gasteiger partial charge in [-0.1, -0.05) is 11.6 Å². The number of carbonyl (C=O) groups is 1. The number of anilines is 2. The van der Waals surface area contributed by atoms with Crippen molar-refractivity contribution >= 4 is 40.4 Å². The molecule has 3 aromatic rings. The van der Waals surface area contributed by atoms with Crippen LogP contribution in [0.5, 0.6) is 0 Å². The summed E-state index contributed by atoms with van der Waals surface area (Å²) in [7, 11) is 0. The van der Waals surface area contributed by atoms with Gasteiger partial charge in [0, 0.05) is 29.6 Å². The number of nitrogens with one attached hydrogen (secondary N) is 3. The summed E-state index contributed by atoms with van der Waals surface area (Å²) in [5.41, 5.74) is 2.27. The average molecular weight is 401 g/mol. The smallest absolute Gasteiger partial charge is 0.319 e. The van der Waals surface area contributed by atoms with Crippen LogP contribution in [-0.4, -0.2) is 15.6 Å². The van der Waals surface area contributed by atoms with Gasteiger partial charge in [-0.2, -0.15) is 0 Å². The highest BCUT2D eigenvalue weighted by molar-refractivity contribution is 7.92. The first-order valence-electron chi connectivity index (χ1n) is 8.08. The lowest BCUT2D eigenvalue weighted by Crippen LogP contribution is -2.28. The van der Waals surface area contributed by atoms with Crippen LogP contribution in [0.1, 0.15) is 5.56 Å². The molecule has 6 nitrogen and oxygen atoms in total. The van der Waals surface area contributed by atoms with E-state index in [0.29, 0.717) is 27.8 Å². The van der Waals surface area contributed by atoms with Crippen molar-refractivity contribution in [2.45, 2.75) is 11.4 Å². The fourth-order valence-electron chi connectivity index (χ4n) is 2.20. The molecule has 0 aliphatic carbocycles. The van der Waals surface area contributed by atoms with Gasteiger partial charge in [0.05, 0.1) is 5.69 Å². The van der Waals surface area contributed by atoms with Crippen LogP contribution < -0.4 is 15.4 Å². The van der Waals surface area contributed by atoms with E-state index in [0.717, 1.165) is 5.56 Å². The number of benzene rings is 2. The minimum absolute atomic E-state index is 0.319. The van der Waals surface area contributed by atoms with Gasteiger partial charge in [0.25, 0.3) is 0 Å². The lowest BCUT2D eigenvalue weighted by molar-refractivity contribution is 0.251. The van der Waals surface area contributed by atoms with Gasteiger partial charge in [0.15, 0.2) is 4.90 Å². The first-order chi connectivity index (χ1) is 13.1. The number of halogens is 1. The molecule has 2 aromatic carbocycles. The molecule has 1 aromatic heterocycles. The molecule has 0 aliphatic heterocycles. The minimum atomic E-state index is -1.42. The predicted octanol–water partition coefficient (Wildman–Crippen LogP) is 4.19. The summed E-state index contributed by atoms with van der Waals surface area (Å²) in [5.74, 6) is 0. The van der Waals surface area contributed by atoms with E-state index in [-0.39, 0.29) is 6.03 Å². The summed E-state index contributed by atoms with van der Waals surface area (Å²) in [5, 5.41) is 6.11. The molecule has 1 unspecified atom stereocenters. The number of hydrogen-bond acceptors (Lipinski definition) is 4. The zero-order valence-corrected chi connectivity index (χ0v) is 15.8. The van der Waals surface area contributed by atoms with Gasteiger partial charge in [-0.05, 0) is 66.2 Å². The van der Waals surface area contributed by atoms with E-state index in [1.54, 1.807) is 60.9 Å². The second kappa shape index (κ2) is 9.27. The predicted molar refractivity (Wildman–Crippen MR) is 108 cm³/mol. The van der Waals surface area contributed by atoms with E-state index < -0.39 is 11.4 Å². The van der Waals surface area contributed by atoms with Crippen molar-refractivity contribution < 1.29 is 9.35 Å². The highest BCUT2D eigenvalue weighted by Crippen LogP contribution is 2.19. The van der Waals surface area contributed by atoms with Gasteiger partial charge in [-0.3, -0.25) is 4.98 Å². The number of carbonyl (C=O) groups excluding carboxylic acids is 1. The fraction of sp³-hybridized carbons (Fsp3) is 0.0526. The van der Waals surface area contributed by atoms with Crippen LogP contribution in [-0.2, 0) is 17.9 Å². The number of amides is 2. The van der Waals surface area contributed by atoms with E-state index in [4.69, 9.17) is 11.6 Å². The zero-order chi connectivity index (χ0) is 19.1. The Bertz CT molecular complexity index is 876. The SMILES string of the molecule is O=C(NCc1ccncc1)Nc1ccc([S+]([O-])Nc2ccc(Cl)cc2)cc1. The van der Waals surface area contributed by atoms with Gasteiger partial charge in [-0.15, -0.1) is 0 Å². The molecule has 8 heteroatoms. The Kier molecular flexibility index (Phi) is 6.54. The third-order valence-corrected chi connectivity index (χ3v) is 4.96. The Morgan fingerprint density at radius 3 is 2.26 bits per heavy atom. The first-order valence-corrected chi connectivity index (χ1v) is 9.61. The highest BCUT2D eigenvalue weighted by atomic mass is 35.5. The summed E-state index contributed by atoms with van der Waals surface area (Å²) >= 11 is 4.42. The second-order valence-corrected chi connectivity index (χ2v) is 7.21. The maximum atomic E-state index is 12.4. The number of aromatic nitrogens is 1. The second-order valence-electron chi connectivity index (χ2n) is 5.57. The summed E-state index contributed by atoms with van der Waals surface area (Å²) in [6.07, 6.45) is 3.34. The molecule has 138 valence electrons. The molecule has 0 fully saturated rings. The number of urea groups is 1.